The van der Waals surface area contributed by atoms with Crippen molar-refractivity contribution >= 4 is 10.9 Å². The van der Waals surface area contributed by atoms with Gasteiger partial charge in [0.25, 0.3) is 0 Å². The van der Waals surface area contributed by atoms with Crippen LogP contribution in [0, 0.1) is 0 Å². The van der Waals surface area contributed by atoms with E-state index in [0.29, 0.717) is 6.42 Å². The summed E-state index contributed by atoms with van der Waals surface area (Å²) in [5.41, 5.74) is 1.08. The van der Waals surface area contributed by atoms with E-state index in [1.54, 1.807) is 0 Å². The summed E-state index contributed by atoms with van der Waals surface area (Å²) in [6, 6.07) is 10.1. The number of fused-ring (bicyclic) bond motifs is 1. The molecule has 0 bridgehead atoms. The monoisotopic (exact) mass is 233 g/mol. The van der Waals surface area contributed by atoms with Crippen LogP contribution in [0.5, 0.6) is 0 Å². The minimum atomic E-state index is -0.770. The fourth-order valence-corrected chi connectivity index (χ4v) is 2.30. The van der Waals surface area contributed by atoms with E-state index in [1.165, 1.54) is 0 Å². The van der Waals surface area contributed by atoms with Crippen molar-refractivity contribution in [2.75, 3.05) is 6.61 Å². The lowest BCUT2D eigenvalue weighted by atomic mass is 10.1. The molecule has 0 aliphatic carbocycles. The molecule has 1 aromatic carbocycles. The zero-order chi connectivity index (χ0) is 11.8. The van der Waals surface area contributed by atoms with Crippen LogP contribution < -0.4 is 0 Å². The largest absolute Gasteiger partial charge is 0.390 e. The number of hydrogen-bond acceptors (Lipinski definition) is 3. The van der Waals surface area contributed by atoms with Crippen LogP contribution in [0.1, 0.15) is 12.6 Å². The number of para-hydroxylation sites is 1. The third kappa shape index (κ3) is 1.84. The van der Waals surface area contributed by atoms with Gasteiger partial charge in [0.15, 0.2) is 0 Å². The number of aliphatic hydroxyl groups is 2. The summed E-state index contributed by atoms with van der Waals surface area (Å²) in [6.45, 7) is 0.179. The van der Waals surface area contributed by atoms with Crippen LogP contribution in [0.4, 0.5) is 0 Å². The predicted octanol–water partition coefficient (Wildman–Crippen LogP) is 1.28. The number of benzene rings is 1. The number of ether oxygens (including phenoxy) is 1. The fraction of sp³-hybridized carbons (Fsp3) is 0.385. The summed E-state index contributed by atoms with van der Waals surface area (Å²) in [6.07, 6.45) is 0.691. The molecule has 1 aliphatic rings. The third-order valence-corrected chi connectivity index (χ3v) is 3.29. The number of aromatic nitrogens is 1. The Balaban J connectivity index is 1.94. The van der Waals surface area contributed by atoms with Crippen molar-refractivity contribution < 1.29 is 14.9 Å². The van der Waals surface area contributed by atoms with Crippen molar-refractivity contribution in [1.29, 1.82) is 0 Å². The first-order valence-electron chi connectivity index (χ1n) is 5.79. The summed E-state index contributed by atoms with van der Waals surface area (Å²) in [7, 11) is 0. The first-order chi connectivity index (χ1) is 8.25. The van der Waals surface area contributed by atoms with Crippen LogP contribution in [0.25, 0.3) is 10.9 Å². The summed E-state index contributed by atoms with van der Waals surface area (Å²) >= 11 is 0. The molecule has 0 amide bonds. The first kappa shape index (κ1) is 10.8. The van der Waals surface area contributed by atoms with Crippen LogP contribution in [0.15, 0.2) is 36.5 Å². The normalized spacial score (nSPS) is 29.6. The van der Waals surface area contributed by atoms with Gasteiger partial charge in [-0.3, -0.25) is 0 Å². The quantitative estimate of drug-likeness (QED) is 0.780. The molecular weight excluding hydrogens is 218 g/mol. The molecule has 1 saturated heterocycles. The molecule has 0 radical (unpaired) electrons. The highest BCUT2D eigenvalue weighted by atomic mass is 16.5. The van der Waals surface area contributed by atoms with E-state index in [1.807, 2.05) is 41.1 Å². The molecule has 90 valence electrons. The Morgan fingerprint density at radius 1 is 1.12 bits per heavy atom. The molecule has 3 rings (SSSR count). The molecule has 1 aromatic heterocycles. The number of nitrogens with zero attached hydrogens (tertiary/aromatic N) is 1. The van der Waals surface area contributed by atoms with Crippen molar-refractivity contribution in [3.63, 3.8) is 0 Å². The van der Waals surface area contributed by atoms with Crippen LogP contribution in [0.2, 0.25) is 0 Å². The van der Waals surface area contributed by atoms with Gasteiger partial charge in [0, 0.05) is 12.6 Å². The summed E-state index contributed by atoms with van der Waals surface area (Å²) in [5, 5.41) is 20.2. The molecule has 0 saturated carbocycles. The maximum Gasteiger partial charge on any atom is 0.136 e. The lowest BCUT2D eigenvalue weighted by molar-refractivity contribution is -0.143. The van der Waals surface area contributed by atoms with Gasteiger partial charge in [-0.15, -0.1) is 0 Å². The van der Waals surface area contributed by atoms with Gasteiger partial charge in [0.05, 0.1) is 18.2 Å². The van der Waals surface area contributed by atoms with Crippen molar-refractivity contribution in [2.24, 2.45) is 0 Å². The van der Waals surface area contributed by atoms with Gasteiger partial charge in [-0.1, -0.05) is 18.2 Å². The molecular formula is C13H15NO3. The SMILES string of the molecule is O[C@@H]1CO[C@@H](n2ccc3ccccc32)C[C@@H]1O. The Kier molecular flexibility index (Phi) is 2.63. The van der Waals surface area contributed by atoms with Crippen LogP contribution in [-0.2, 0) is 4.74 Å². The molecule has 4 nitrogen and oxygen atoms in total. The summed E-state index contributed by atoms with van der Waals surface area (Å²) in [5.74, 6) is 0. The number of rotatable bonds is 1. The summed E-state index contributed by atoms with van der Waals surface area (Å²) in [4.78, 5) is 0. The fourth-order valence-electron chi connectivity index (χ4n) is 2.30. The molecule has 1 fully saturated rings. The van der Waals surface area contributed by atoms with E-state index in [9.17, 15) is 10.2 Å². The van der Waals surface area contributed by atoms with E-state index in [-0.39, 0.29) is 12.8 Å². The van der Waals surface area contributed by atoms with Crippen LogP contribution in [0.3, 0.4) is 0 Å². The molecule has 0 unspecified atom stereocenters. The number of hydrogen-bond donors (Lipinski definition) is 2. The topological polar surface area (TPSA) is 54.6 Å². The third-order valence-electron chi connectivity index (χ3n) is 3.29. The number of aliphatic hydroxyl groups excluding tert-OH is 2. The maximum absolute atomic E-state index is 9.68. The van der Waals surface area contributed by atoms with Gasteiger partial charge >= 0.3 is 0 Å². The van der Waals surface area contributed by atoms with Gasteiger partial charge in [-0.05, 0) is 17.5 Å². The molecule has 2 aromatic rings. The zero-order valence-corrected chi connectivity index (χ0v) is 9.36. The average molecular weight is 233 g/mol. The highest BCUT2D eigenvalue weighted by Crippen LogP contribution is 2.27. The smallest absolute Gasteiger partial charge is 0.136 e. The van der Waals surface area contributed by atoms with Gasteiger partial charge < -0.3 is 19.5 Å². The highest BCUT2D eigenvalue weighted by Gasteiger charge is 2.29. The Bertz CT molecular complexity index is 522. The van der Waals surface area contributed by atoms with Crippen molar-refractivity contribution in [2.45, 2.75) is 24.9 Å². The van der Waals surface area contributed by atoms with Gasteiger partial charge in [-0.2, -0.15) is 0 Å². The molecule has 4 heteroatoms. The molecule has 2 heterocycles. The van der Waals surface area contributed by atoms with E-state index < -0.39 is 12.2 Å². The van der Waals surface area contributed by atoms with Crippen molar-refractivity contribution in [3.05, 3.63) is 36.5 Å². The van der Waals surface area contributed by atoms with Crippen LogP contribution >= 0.6 is 0 Å². The van der Waals surface area contributed by atoms with E-state index in [0.717, 1.165) is 10.9 Å². The lowest BCUT2D eigenvalue weighted by Crippen LogP contribution is -2.39. The highest BCUT2D eigenvalue weighted by molar-refractivity contribution is 5.80. The van der Waals surface area contributed by atoms with Gasteiger partial charge in [0.2, 0.25) is 0 Å². The Morgan fingerprint density at radius 3 is 2.76 bits per heavy atom. The lowest BCUT2D eigenvalue weighted by Gasteiger charge is -2.31. The second-order valence-corrected chi connectivity index (χ2v) is 4.44. The predicted molar refractivity (Wildman–Crippen MR) is 63.6 cm³/mol. The van der Waals surface area contributed by atoms with E-state index >= 15 is 0 Å². The average Bonchev–Trinajstić information content (AvgIpc) is 2.76. The minimum absolute atomic E-state index is 0.179. The van der Waals surface area contributed by atoms with E-state index in [2.05, 4.69) is 0 Å². The molecule has 3 atom stereocenters. The molecule has 2 N–H and O–H groups in total. The minimum Gasteiger partial charge on any atom is -0.390 e. The molecule has 17 heavy (non-hydrogen) atoms. The van der Waals surface area contributed by atoms with Crippen LogP contribution in [-0.4, -0.2) is 33.6 Å². The first-order valence-corrected chi connectivity index (χ1v) is 5.79. The van der Waals surface area contributed by atoms with Gasteiger partial charge in [-0.25, -0.2) is 0 Å². The summed E-state index contributed by atoms with van der Waals surface area (Å²) < 4.78 is 7.57. The van der Waals surface area contributed by atoms with Gasteiger partial charge in [0.1, 0.15) is 12.3 Å². The molecule has 0 spiro atoms. The zero-order valence-electron chi connectivity index (χ0n) is 9.36. The molecule has 1 aliphatic heterocycles. The Hall–Kier alpha value is -1.36. The second kappa shape index (κ2) is 4.14. The van der Waals surface area contributed by atoms with Crippen molar-refractivity contribution in [3.8, 4) is 0 Å². The standard InChI is InChI=1S/C13H15NO3/c15-11-7-13(17-8-12(11)16)14-6-5-9-3-1-2-4-10(9)14/h1-6,11-13,15-16H,7-8H2/t11-,12+,13+/m0/s1. The van der Waals surface area contributed by atoms with Crippen molar-refractivity contribution in [1.82, 2.24) is 4.57 Å². The Labute approximate surface area is 99.1 Å². The maximum atomic E-state index is 9.68. The Morgan fingerprint density at radius 2 is 1.94 bits per heavy atom. The second-order valence-electron chi connectivity index (χ2n) is 4.44. The van der Waals surface area contributed by atoms with E-state index in [4.69, 9.17) is 4.74 Å².